The van der Waals surface area contributed by atoms with Crippen molar-refractivity contribution >= 4 is 39.5 Å². The van der Waals surface area contributed by atoms with Crippen LogP contribution in [0.15, 0.2) is 48.7 Å². The van der Waals surface area contributed by atoms with E-state index in [0.29, 0.717) is 5.02 Å². The predicted molar refractivity (Wildman–Crippen MR) is 147 cm³/mol. The Labute approximate surface area is 217 Å². The molecule has 0 radical (unpaired) electrons. The first-order chi connectivity index (χ1) is 17.1. The van der Waals surface area contributed by atoms with Gasteiger partial charge in [-0.1, -0.05) is 29.3 Å². The molecule has 0 unspecified atom stereocenters. The first-order valence-electron chi connectivity index (χ1n) is 12.4. The molecule has 1 fully saturated rings. The maximum atomic E-state index is 13.1. The molecule has 4 aromatic rings. The van der Waals surface area contributed by atoms with E-state index in [0.717, 1.165) is 71.4 Å². The van der Waals surface area contributed by atoms with Gasteiger partial charge in [0, 0.05) is 60.3 Å². The molecular formula is C29H33ClN4O2. The number of piperazine rings is 1. The Kier molecular flexibility index (Phi) is 6.54. The van der Waals surface area contributed by atoms with Gasteiger partial charge in [0.05, 0.1) is 16.7 Å². The van der Waals surface area contributed by atoms with Crippen LogP contribution in [-0.4, -0.2) is 64.3 Å². The number of nitrogens with zero attached hydrogens (tertiary/aromatic N) is 4. The summed E-state index contributed by atoms with van der Waals surface area (Å²) in [5.74, 6) is 0. The molecule has 1 aliphatic heterocycles. The van der Waals surface area contributed by atoms with E-state index in [2.05, 4.69) is 42.0 Å². The number of likely N-dealkylation sites (N-methyl/N-ethyl adjacent to an activating group) is 1. The molecule has 6 nitrogen and oxygen atoms in total. The van der Waals surface area contributed by atoms with Gasteiger partial charge in [0.1, 0.15) is 5.60 Å². The molecule has 1 aliphatic rings. The third-order valence-corrected chi connectivity index (χ3v) is 6.91. The molecule has 0 amide bonds. The minimum Gasteiger partial charge on any atom is -0.443 e. The summed E-state index contributed by atoms with van der Waals surface area (Å²) >= 11 is 6.38. The van der Waals surface area contributed by atoms with Crippen LogP contribution in [0.2, 0.25) is 5.02 Å². The monoisotopic (exact) mass is 504 g/mol. The minimum atomic E-state index is -0.591. The van der Waals surface area contributed by atoms with Crippen molar-refractivity contribution in [3.05, 3.63) is 64.8 Å². The smallest absolute Gasteiger partial charge is 0.419 e. The summed E-state index contributed by atoms with van der Waals surface area (Å²) < 4.78 is 7.30. The van der Waals surface area contributed by atoms with Crippen LogP contribution < -0.4 is 0 Å². The van der Waals surface area contributed by atoms with E-state index in [1.54, 1.807) is 4.57 Å². The van der Waals surface area contributed by atoms with Crippen molar-refractivity contribution in [2.75, 3.05) is 33.2 Å². The zero-order valence-corrected chi connectivity index (χ0v) is 22.4. The highest BCUT2D eigenvalue weighted by molar-refractivity contribution is 6.31. The number of halogens is 1. The number of hydrogen-bond donors (Lipinski definition) is 0. The van der Waals surface area contributed by atoms with Crippen LogP contribution in [-0.2, 0) is 11.3 Å². The number of aromatic nitrogens is 2. The molecule has 188 valence electrons. The van der Waals surface area contributed by atoms with E-state index >= 15 is 0 Å². The first-order valence-corrected chi connectivity index (χ1v) is 12.8. The van der Waals surface area contributed by atoms with Crippen molar-refractivity contribution in [3.63, 3.8) is 0 Å². The van der Waals surface area contributed by atoms with Crippen LogP contribution in [0.25, 0.3) is 33.1 Å². The van der Waals surface area contributed by atoms with Crippen LogP contribution in [0.5, 0.6) is 0 Å². The predicted octanol–water partition coefficient (Wildman–Crippen LogP) is 6.35. The van der Waals surface area contributed by atoms with Crippen molar-refractivity contribution in [1.82, 2.24) is 19.4 Å². The van der Waals surface area contributed by atoms with Gasteiger partial charge in [0.25, 0.3) is 0 Å². The van der Waals surface area contributed by atoms with E-state index in [1.165, 1.54) is 5.56 Å². The van der Waals surface area contributed by atoms with Crippen molar-refractivity contribution in [2.45, 2.75) is 39.8 Å². The first kappa shape index (κ1) is 24.8. The van der Waals surface area contributed by atoms with Gasteiger partial charge in [0.2, 0.25) is 0 Å². The van der Waals surface area contributed by atoms with Crippen LogP contribution >= 0.6 is 11.6 Å². The molecule has 2 aromatic heterocycles. The Morgan fingerprint density at radius 3 is 2.50 bits per heavy atom. The van der Waals surface area contributed by atoms with Gasteiger partial charge >= 0.3 is 6.09 Å². The van der Waals surface area contributed by atoms with E-state index in [9.17, 15) is 4.79 Å². The lowest BCUT2D eigenvalue weighted by molar-refractivity contribution is 0.0544. The Morgan fingerprint density at radius 2 is 1.78 bits per heavy atom. The Hall–Kier alpha value is -2.93. The zero-order chi connectivity index (χ0) is 25.6. The Morgan fingerprint density at radius 1 is 1.03 bits per heavy atom. The highest BCUT2D eigenvalue weighted by atomic mass is 35.5. The average Bonchev–Trinajstić information content (AvgIpc) is 3.18. The number of fused-ring (bicyclic) bond motifs is 2. The summed E-state index contributed by atoms with van der Waals surface area (Å²) in [7, 11) is 2.17. The van der Waals surface area contributed by atoms with Gasteiger partial charge in [0.15, 0.2) is 0 Å². The number of aryl methyl sites for hydroxylation is 1. The third-order valence-electron chi connectivity index (χ3n) is 6.67. The van der Waals surface area contributed by atoms with Crippen molar-refractivity contribution < 1.29 is 9.53 Å². The van der Waals surface area contributed by atoms with Crippen LogP contribution in [0.4, 0.5) is 4.79 Å². The Bertz CT molecular complexity index is 1450. The number of hydrogen-bond acceptors (Lipinski definition) is 5. The second kappa shape index (κ2) is 9.51. The van der Waals surface area contributed by atoms with E-state index < -0.39 is 11.7 Å². The van der Waals surface area contributed by atoms with Gasteiger partial charge in [-0.25, -0.2) is 9.78 Å². The van der Waals surface area contributed by atoms with Gasteiger partial charge in [-0.3, -0.25) is 9.47 Å². The van der Waals surface area contributed by atoms with E-state index in [4.69, 9.17) is 21.3 Å². The third kappa shape index (κ3) is 5.12. The average molecular weight is 505 g/mol. The summed E-state index contributed by atoms with van der Waals surface area (Å²) in [5, 5.41) is 2.74. The number of rotatable bonds is 3. The summed E-state index contributed by atoms with van der Waals surface area (Å²) in [6, 6.07) is 14.2. The van der Waals surface area contributed by atoms with Gasteiger partial charge in [-0.2, -0.15) is 0 Å². The minimum absolute atomic E-state index is 0.399. The number of ether oxygens (including phenoxy) is 1. The molecule has 0 saturated carbocycles. The van der Waals surface area contributed by atoms with Crippen LogP contribution in [0.1, 0.15) is 31.9 Å². The zero-order valence-electron chi connectivity index (χ0n) is 21.6. The van der Waals surface area contributed by atoms with Gasteiger partial charge in [-0.15, -0.1) is 0 Å². The largest absolute Gasteiger partial charge is 0.443 e. The number of carbonyl (C=O) groups is 1. The SMILES string of the molecule is Cc1ccc2c(c1)c(-c1cc(CN3CCN(C)CC3)c3ccc(Cl)cc3n1)cn2C(=O)OC(C)(C)C. The topological polar surface area (TPSA) is 50.6 Å². The van der Waals surface area contributed by atoms with Crippen molar-refractivity contribution in [2.24, 2.45) is 0 Å². The number of benzene rings is 2. The fourth-order valence-electron chi connectivity index (χ4n) is 4.80. The molecule has 36 heavy (non-hydrogen) atoms. The molecule has 5 rings (SSSR count). The maximum absolute atomic E-state index is 13.1. The molecule has 0 bridgehead atoms. The second-order valence-electron chi connectivity index (χ2n) is 10.8. The summed E-state index contributed by atoms with van der Waals surface area (Å²) in [6.45, 7) is 12.7. The second-order valence-corrected chi connectivity index (χ2v) is 11.3. The fourth-order valence-corrected chi connectivity index (χ4v) is 4.97. The number of pyridine rings is 1. The molecule has 3 heterocycles. The normalized spacial score (nSPS) is 15.6. The van der Waals surface area contributed by atoms with Gasteiger partial charge in [-0.05, 0) is 70.6 Å². The molecule has 7 heteroatoms. The standard InChI is InChI=1S/C29H33ClN4O2/c1-19-6-9-27-23(14-19)24(18-34(27)28(35)36-29(2,3)4)25-15-20(17-33-12-10-32(5)11-13-33)22-8-7-21(30)16-26(22)31-25/h6-9,14-16,18H,10-13,17H2,1-5H3. The molecule has 0 spiro atoms. The van der Waals surface area contributed by atoms with Crippen LogP contribution in [0.3, 0.4) is 0 Å². The lowest BCUT2D eigenvalue weighted by Gasteiger charge is -2.32. The summed E-state index contributed by atoms with van der Waals surface area (Å²) in [5.41, 5.74) is 5.13. The fraction of sp³-hybridized carbons (Fsp3) is 0.379. The van der Waals surface area contributed by atoms with E-state index in [-0.39, 0.29) is 0 Å². The summed E-state index contributed by atoms with van der Waals surface area (Å²) in [4.78, 5) is 23.0. The number of carbonyl (C=O) groups excluding carboxylic acids is 1. The lowest BCUT2D eigenvalue weighted by atomic mass is 10.0. The quantitative estimate of drug-likeness (QED) is 0.325. The molecule has 0 aliphatic carbocycles. The van der Waals surface area contributed by atoms with Crippen molar-refractivity contribution in [3.8, 4) is 11.3 Å². The highest BCUT2D eigenvalue weighted by Crippen LogP contribution is 2.34. The highest BCUT2D eigenvalue weighted by Gasteiger charge is 2.23. The molecular weight excluding hydrogens is 472 g/mol. The van der Waals surface area contributed by atoms with Gasteiger partial charge < -0.3 is 9.64 Å². The van der Waals surface area contributed by atoms with Crippen LogP contribution in [0, 0.1) is 6.92 Å². The summed E-state index contributed by atoms with van der Waals surface area (Å²) in [6.07, 6.45) is 1.46. The lowest BCUT2D eigenvalue weighted by Crippen LogP contribution is -2.43. The Balaban J connectivity index is 1.65. The molecule has 2 aromatic carbocycles. The van der Waals surface area contributed by atoms with Crippen molar-refractivity contribution in [1.29, 1.82) is 0 Å². The maximum Gasteiger partial charge on any atom is 0.419 e. The van der Waals surface area contributed by atoms with E-state index in [1.807, 2.05) is 51.2 Å². The molecule has 1 saturated heterocycles. The molecule has 0 N–H and O–H groups in total. The molecule has 0 atom stereocenters.